The zero-order valence-electron chi connectivity index (χ0n) is 13.5. The molecule has 22 heavy (non-hydrogen) atoms. The minimum absolute atomic E-state index is 0.0646. The quantitative estimate of drug-likeness (QED) is 0.748. The normalized spacial score (nSPS) is 20.1. The van der Waals surface area contributed by atoms with E-state index < -0.39 is 10.0 Å². The van der Waals surface area contributed by atoms with Crippen LogP contribution in [0.5, 0.6) is 0 Å². The van der Waals surface area contributed by atoms with Crippen LogP contribution in [-0.4, -0.2) is 39.0 Å². The van der Waals surface area contributed by atoms with Crippen LogP contribution in [0.4, 0.5) is 0 Å². The molecule has 1 aliphatic heterocycles. The second-order valence-electron chi connectivity index (χ2n) is 6.09. The fourth-order valence-electron chi connectivity index (χ4n) is 3.17. The lowest BCUT2D eigenvalue weighted by molar-refractivity contribution is 0.143. The molecule has 1 aromatic rings. The molecule has 1 saturated heterocycles. The number of likely N-dealkylation sites (tertiary alicyclic amines) is 1. The van der Waals surface area contributed by atoms with E-state index in [4.69, 9.17) is 0 Å². The molecule has 1 atom stereocenters. The van der Waals surface area contributed by atoms with Gasteiger partial charge < -0.3 is 4.90 Å². The molecule has 0 bridgehead atoms. The largest absolute Gasteiger partial charge is 0.300 e. The minimum atomic E-state index is -3.23. The second-order valence-corrected chi connectivity index (χ2v) is 7.89. The van der Waals surface area contributed by atoms with Gasteiger partial charge in [-0.05, 0) is 44.3 Å². The molecule has 1 aliphatic rings. The van der Waals surface area contributed by atoms with Crippen molar-refractivity contribution in [2.75, 3.05) is 19.6 Å². The summed E-state index contributed by atoms with van der Waals surface area (Å²) in [6.45, 7) is 4.93. The first-order valence-electron chi connectivity index (χ1n) is 8.36. The molecule has 5 heteroatoms. The summed E-state index contributed by atoms with van der Waals surface area (Å²) in [6.07, 6.45) is 5.97. The van der Waals surface area contributed by atoms with E-state index in [1.165, 1.54) is 25.7 Å². The smallest absolute Gasteiger partial charge is 0.215 e. The van der Waals surface area contributed by atoms with Crippen LogP contribution in [0.25, 0.3) is 0 Å². The van der Waals surface area contributed by atoms with E-state index in [0.717, 1.165) is 25.1 Å². The number of nitrogens with zero attached hydrogens (tertiary/aromatic N) is 1. The minimum Gasteiger partial charge on any atom is -0.300 e. The molecular formula is C17H28N2O2S. The van der Waals surface area contributed by atoms with E-state index in [1.807, 2.05) is 30.3 Å². The molecule has 0 unspecified atom stereocenters. The maximum absolute atomic E-state index is 12.0. The van der Waals surface area contributed by atoms with Gasteiger partial charge in [-0.2, -0.15) is 0 Å². The summed E-state index contributed by atoms with van der Waals surface area (Å²) in [6, 6.07) is 10.0. The van der Waals surface area contributed by atoms with Crippen LogP contribution in [0.2, 0.25) is 0 Å². The molecule has 1 N–H and O–H groups in total. The summed E-state index contributed by atoms with van der Waals surface area (Å²) in [7, 11) is -3.23. The fourth-order valence-corrected chi connectivity index (χ4v) is 4.36. The van der Waals surface area contributed by atoms with Crippen molar-refractivity contribution >= 4 is 10.0 Å². The Hall–Kier alpha value is -0.910. The Morgan fingerprint density at radius 2 is 2.00 bits per heavy atom. The average molecular weight is 324 g/mol. The Labute approximate surface area is 135 Å². The van der Waals surface area contributed by atoms with Crippen molar-refractivity contribution in [3.05, 3.63) is 35.9 Å². The predicted molar refractivity (Wildman–Crippen MR) is 91.2 cm³/mol. The van der Waals surface area contributed by atoms with Crippen molar-refractivity contribution in [3.8, 4) is 0 Å². The highest BCUT2D eigenvalue weighted by Gasteiger charge is 2.20. The topological polar surface area (TPSA) is 49.4 Å². The SMILES string of the molecule is CC[C@@H]1CCCCN1CCCNS(=O)(=O)Cc1ccccc1. The lowest BCUT2D eigenvalue weighted by Crippen LogP contribution is -2.40. The summed E-state index contributed by atoms with van der Waals surface area (Å²) < 4.78 is 26.8. The van der Waals surface area contributed by atoms with E-state index in [1.54, 1.807) is 0 Å². The van der Waals surface area contributed by atoms with Gasteiger partial charge in [0.15, 0.2) is 0 Å². The summed E-state index contributed by atoms with van der Waals surface area (Å²) in [5, 5.41) is 0. The van der Waals surface area contributed by atoms with Gasteiger partial charge in [0.25, 0.3) is 0 Å². The van der Waals surface area contributed by atoms with E-state index >= 15 is 0 Å². The van der Waals surface area contributed by atoms with Crippen LogP contribution in [-0.2, 0) is 15.8 Å². The highest BCUT2D eigenvalue weighted by Crippen LogP contribution is 2.19. The first-order valence-corrected chi connectivity index (χ1v) is 10.0. The summed E-state index contributed by atoms with van der Waals surface area (Å²) in [4.78, 5) is 2.52. The number of rotatable bonds is 8. The van der Waals surface area contributed by atoms with Crippen LogP contribution >= 0.6 is 0 Å². The zero-order valence-corrected chi connectivity index (χ0v) is 14.3. The van der Waals surface area contributed by atoms with Crippen molar-refractivity contribution in [2.45, 2.75) is 50.8 Å². The number of hydrogen-bond acceptors (Lipinski definition) is 3. The summed E-state index contributed by atoms with van der Waals surface area (Å²) in [5.74, 6) is 0.0646. The Kier molecular flexibility index (Phi) is 6.86. The van der Waals surface area contributed by atoms with Crippen molar-refractivity contribution in [3.63, 3.8) is 0 Å². The third kappa shape index (κ3) is 5.71. The number of nitrogens with one attached hydrogen (secondary N) is 1. The number of benzene rings is 1. The number of piperidine rings is 1. The van der Waals surface area contributed by atoms with Crippen molar-refractivity contribution in [1.29, 1.82) is 0 Å². The van der Waals surface area contributed by atoms with Gasteiger partial charge in [0.1, 0.15) is 0 Å². The molecule has 0 aliphatic carbocycles. The Morgan fingerprint density at radius 1 is 1.23 bits per heavy atom. The molecular weight excluding hydrogens is 296 g/mol. The molecule has 0 spiro atoms. The molecule has 2 rings (SSSR count). The predicted octanol–water partition coefficient (Wildman–Crippen LogP) is 2.76. The average Bonchev–Trinajstić information content (AvgIpc) is 2.52. The van der Waals surface area contributed by atoms with Crippen LogP contribution in [0, 0.1) is 0 Å². The molecule has 4 nitrogen and oxygen atoms in total. The maximum atomic E-state index is 12.0. The third-order valence-electron chi connectivity index (χ3n) is 4.36. The Bertz CT molecular complexity index is 531. The van der Waals surface area contributed by atoms with Gasteiger partial charge >= 0.3 is 0 Å². The van der Waals surface area contributed by atoms with Gasteiger partial charge in [-0.25, -0.2) is 13.1 Å². The van der Waals surface area contributed by atoms with Crippen LogP contribution < -0.4 is 4.72 Å². The molecule has 1 heterocycles. The number of sulfonamides is 1. The molecule has 0 saturated carbocycles. The van der Waals surface area contributed by atoms with Crippen molar-refractivity contribution < 1.29 is 8.42 Å². The highest BCUT2D eigenvalue weighted by atomic mass is 32.2. The van der Waals surface area contributed by atoms with E-state index in [0.29, 0.717) is 12.6 Å². The standard InChI is InChI=1S/C17H28N2O2S/c1-2-17-11-6-7-13-19(17)14-8-12-18-22(20,21)15-16-9-4-3-5-10-16/h3-5,9-10,17-18H,2,6-8,11-15H2,1H3/t17-/m1/s1. The van der Waals surface area contributed by atoms with Crippen LogP contribution in [0.15, 0.2) is 30.3 Å². The van der Waals surface area contributed by atoms with E-state index in [-0.39, 0.29) is 5.75 Å². The van der Waals surface area contributed by atoms with E-state index in [2.05, 4.69) is 16.5 Å². The Morgan fingerprint density at radius 3 is 2.73 bits per heavy atom. The monoisotopic (exact) mass is 324 g/mol. The van der Waals surface area contributed by atoms with Crippen LogP contribution in [0.1, 0.15) is 44.6 Å². The molecule has 1 aromatic carbocycles. The first kappa shape index (κ1) is 17.4. The van der Waals surface area contributed by atoms with Gasteiger partial charge in [-0.1, -0.05) is 43.7 Å². The lowest BCUT2D eigenvalue weighted by Gasteiger charge is -2.35. The molecule has 1 fully saturated rings. The van der Waals surface area contributed by atoms with Gasteiger partial charge in [-0.3, -0.25) is 0 Å². The molecule has 0 amide bonds. The maximum Gasteiger partial charge on any atom is 0.215 e. The number of hydrogen-bond donors (Lipinski definition) is 1. The van der Waals surface area contributed by atoms with Gasteiger partial charge in [0, 0.05) is 12.6 Å². The van der Waals surface area contributed by atoms with E-state index in [9.17, 15) is 8.42 Å². The Balaban J connectivity index is 1.71. The molecule has 124 valence electrons. The third-order valence-corrected chi connectivity index (χ3v) is 5.72. The summed E-state index contributed by atoms with van der Waals surface area (Å²) in [5.41, 5.74) is 0.831. The zero-order chi connectivity index (χ0) is 15.8. The fraction of sp³-hybridized carbons (Fsp3) is 0.647. The summed E-state index contributed by atoms with van der Waals surface area (Å²) >= 11 is 0. The highest BCUT2D eigenvalue weighted by molar-refractivity contribution is 7.88. The molecule has 0 aromatic heterocycles. The molecule has 0 radical (unpaired) electrons. The van der Waals surface area contributed by atoms with Crippen molar-refractivity contribution in [2.24, 2.45) is 0 Å². The van der Waals surface area contributed by atoms with Gasteiger partial charge in [-0.15, -0.1) is 0 Å². The van der Waals surface area contributed by atoms with Gasteiger partial charge in [0.2, 0.25) is 10.0 Å². The second kappa shape index (κ2) is 8.65. The van der Waals surface area contributed by atoms with Crippen molar-refractivity contribution in [1.82, 2.24) is 9.62 Å². The van der Waals surface area contributed by atoms with Gasteiger partial charge in [0.05, 0.1) is 5.75 Å². The van der Waals surface area contributed by atoms with Crippen LogP contribution in [0.3, 0.4) is 0 Å². The lowest BCUT2D eigenvalue weighted by atomic mass is 10.00. The first-order chi connectivity index (χ1) is 10.6.